The number of hydrogen-bond donors (Lipinski definition) is 4. The minimum absolute atomic E-state index is 0.00953. The number of Topliss-reactive ketones (excluding diaryl/α,β-unsaturated/α-hetero) is 1. The molecule has 0 aromatic rings. The van der Waals surface area contributed by atoms with Crippen molar-refractivity contribution in [3.8, 4) is 0 Å². The van der Waals surface area contributed by atoms with Gasteiger partial charge in [-0.2, -0.15) is 0 Å². The number of amides is 5. The lowest BCUT2D eigenvalue weighted by molar-refractivity contribution is -0.143. The zero-order valence-corrected chi connectivity index (χ0v) is 24.9. The van der Waals surface area contributed by atoms with Crippen molar-refractivity contribution in [2.24, 2.45) is 28.9 Å². The molecule has 2 aliphatic carbocycles. The highest BCUT2D eigenvalue weighted by Crippen LogP contribution is 2.35. The molecule has 3 rings (SSSR count). The number of allylic oxidation sites excluding steroid dienone is 3. The summed E-state index contributed by atoms with van der Waals surface area (Å²) in [5, 5.41) is 8.62. The van der Waals surface area contributed by atoms with Crippen molar-refractivity contribution >= 4 is 29.5 Å². The van der Waals surface area contributed by atoms with E-state index >= 15 is 0 Å². The highest BCUT2D eigenvalue weighted by atomic mass is 16.2. The maximum Gasteiger partial charge on any atom is 0.315 e. The fourth-order valence-corrected chi connectivity index (χ4v) is 5.79. The van der Waals surface area contributed by atoms with Crippen molar-refractivity contribution in [2.75, 3.05) is 6.54 Å². The first-order valence-electron chi connectivity index (χ1n) is 14.8. The van der Waals surface area contributed by atoms with Crippen LogP contribution in [0.3, 0.4) is 0 Å². The van der Waals surface area contributed by atoms with Crippen molar-refractivity contribution in [3.63, 3.8) is 0 Å². The lowest BCUT2D eigenvalue weighted by Gasteiger charge is -2.38. The molecule has 0 spiro atoms. The molecule has 1 saturated carbocycles. The van der Waals surface area contributed by atoms with Crippen LogP contribution in [0, 0.1) is 23.2 Å². The number of primary amides is 1. The van der Waals surface area contributed by atoms with E-state index in [0.29, 0.717) is 18.5 Å². The van der Waals surface area contributed by atoms with Crippen LogP contribution in [0.4, 0.5) is 4.79 Å². The Morgan fingerprint density at radius 2 is 1.71 bits per heavy atom. The summed E-state index contributed by atoms with van der Waals surface area (Å²) >= 11 is 0. The minimum Gasteiger partial charge on any atom is -0.363 e. The SMILES string of the molecule is C=CC(=C)C(C)(C)[C@H](NC(=O)NC1CCCCC1)C(=O)N1C[C@H](C(C)C)C[C@H]1C(=O)NC(CC1C=C1)C(=O)C(N)=O. The van der Waals surface area contributed by atoms with Gasteiger partial charge < -0.3 is 26.6 Å². The predicted octanol–water partition coefficient (Wildman–Crippen LogP) is 2.74. The van der Waals surface area contributed by atoms with Crippen LogP contribution in [-0.4, -0.2) is 65.1 Å². The first-order chi connectivity index (χ1) is 19.3. The van der Waals surface area contributed by atoms with Gasteiger partial charge in [-0.3, -0.25) is 19.2 Å². The maximum absolute atomic E-state index is 14.3. The van der Waals surface area contributed by atoms with Crippen LogP contribution in [0.25, 0.3) is 0 Å². The van der Waals surface area contributed by atoms with E-state index in [1.165, 1.54) is 4.90 Å². The van der Waals surface area contributed by atoms with E-state index < -0.39 is 53.1 Å². The van der Waals surface area contributed by atoms with Gasteiger partial charge in [0.1, 0.15) is 12.1 Å². The minimum atomic E-state index is -1.12. The van der Waals surface area contributed by atoms with Crippen LogP contribution in [0.5, 0.6) is 0 Å². The monoisotopic (exact) mass is 569 g/mol. The standard InChI is InChI=1S/C31H47N5O5/c1-7-19(4)31(5,6)26(35-30(41)33-22-11-9-8-10-12-22)29(40)36-17-21(18(2)3)16-24(36)28(39)34-23(15-20-13-14-20)25(37)27(32)38/h7,13-14,18,20-24,26H,1,4,8-12,15-17H2,2-3,5-6H3,(H2,32,38)(H,34,39)(H2,33,35,41)/t21-,23?,24+,26-/m1/s1. The maximum atomic E-state index is 14.3. The number of ketones is 1. The summed E-state index contributed by atoms with van der Waals surface area (Å²) in [5.74, 6) is -2.71. The Labute approximate surface area is 243 Å². The summed E-state index contributed by atoms with van der Waals surface area (Å²) in [6.07, 6.45) is 10.9. The molecule has 0 bridgehead atoms. The summed E-state index contributed by atoms with van der Waals surface area (Å²) in [6, 6.07) is -3.39. The summed E-state index contributed by atoms with van der Waals surface area (Å²) < 4.78 is 0. The molecule has 5 amide bonds. The molecular weight excluding hydrogens is 522 g/mol. The molecule has 1 saturated heterocycles. The molecule has 5 N–H and O–H groups in total. The quantitative estimate of drug-likeness (QED) is 0.153. The van der Waals surface area contributed by atoms with Gasteiger partial charge in [-0.1, -0.05) is 78.3 Å². The highest BCUT2D eigenvalue weighted by Gasteiger charge is 2.47. The normalized spacial score (nSPS) is 22.5. The number of nitrogens with two attached hydrogens (primary N) is 1. The molecule has 41 heavy (non-hydrogen) atoms. The Hall–Kier alpha value is -3.43. The van der Waals surface area contributed by atoms with Crippen LogP contribution in [-0.2, 0) is 19.2 Å². The topological polar surface area (TPSA) is 151 Å². The molecule has 226 valence electrons. The van der Waals surface area contributed by atoms with Crippen LogP contribution in [0.2, 0.25) is 0 Å². The molecule has 4 atom stereocenters. The van der Waals surface area contributed by atoms with E-state index in [9.17, 15) is 24.0 Å². The van der Waals surface area contributed by atoms with Crippen LogP contribution >= 0.6 is 0 Å². The van der Waals surface area contributed by atoms with Crippen molar-refractivity contribution in [2.45, 2.75) is 96.8 Å². The molecule has 1 heterocycles. The van der Waals surface area contributed by atoms with E-state index in [2.05, 4.69) is 29.1 Å². The smallest absolute Gasteiger partial charge is 0.315 e. The zero-order chi connectivity index (χ0) is 30.5. The molecule has 0 aromatic heterocycles. The summed E-state index contributed by atoms with van der Waals surface area (Å²) in [7, 11) is 0. The number of nitrogens with one attached hydrogen (secondary N) is 3. The number of urea groups is 1. The van der Waals surface area contributed by atoms with E-state index in [1.807, 2.05) is 39.8 Å². The third kappa shape index (κ3) is 8.07. The lowest BCUT2D eigenvalue weighted by Crippen LogP contribution is -2.61. The molecule has 1 unspecified atom stereocenters. The van der Waals surface area contributed by atoms with E-state index in [1.54, 1.807) is 6.08 Å². The Kier molecular flexibility index (Phi) is 10.6. The van der Waals surface area contributed by atoms with E-state index in [-0.39, 0.29) is 30.2 Å². The summed E-state index contributed by atoms with van der Waals surface area (Å²) in [4.78, 5) is 66.8. The third-order valence-electron chi connectivity index (χ3n) is 8.97. The molecule has 10 heteroatoms. The molecular formula is C31H47N5O5. The fourth-order valence-electron chi connectivity index (χ4n) is 5.79. The molecule has 2 fully saturated rings. The number of nitrogens with zero attached hydrogens (tertiary/aromatic N) is 1. The third-order valence-corrected chi connectivity index (χ3v) is 8.97. The van der Waals surface area contributed by atoms with Crippen molar-refractivity contribution in [1.29, 1.82) is 0 Å². The first kappa shape index (κ1) is 32.1. The summed E-state index contributed by atoms with van der Waals surface area (Å²) in [5.41, 5.74) is 4.91. The Morgan fingerprint density at radius 3 is 2.24 bits per heavy atom. The number of carbonyl (C=O) groups excluding carboxylic acids is 5. The van der Waals surface area contributed by atoms with Gasteiger partial charge in [0.2, 0.25) is 17.6 Å². The molecule has 3 aliphatic rings. The number of rotatable bonds is 13. The van der Waals surface area contributed by atoms with Crippen molar-refractivity contribution in [1.82, 2.24) is 20.9 Å². The van der Waals surface area contributed by atoms with Crippen LogP contribution in [0.1, 0.15) is 72.6 Å². The van der Waals surface area contributed by atoms with Gasteiger partial charge in [-0.15, -0.1) is 0 Å². The van der Waals surface area contributed by atoms with Crippen LogP contribution < -0.4 is 21.7 Å². The van der Waals surface area contributed by atoms with Gasteiger partial charge in [0, 0.05) is 18.0 Å². The van der Waals surface area contributed by atoms with Gasteiger partial charge in [-0.05, 0) is 49.0 Å². The number of likely N-dealkylation sites (tertiary alicyclic amines) is 1. The second kappa shape index (κ2) is 13.5. The Bertz CT molecular complexity index is 1080. The fraction of sp³-hybridized carbons (Fsp3) is 0.645. The molecule has 1 aliphatic heterocycles. The van der Waals surface area contributed by atoms with Crippen molar-refractivity contribution < 1.29 is 24.0 Å². The second-order valence-electron chi connectivity index (χ2n) is 12.7. The van der Waals surface area contributed by atoms with E-state index in [0.717, 1.165) is 32.1 Å². The van der Waals surface area contributed by atoms with Gasteiger partial charge in [0.15, 0.2) is 0 Å². The van der Waals surface area contributed by atoms with Gasteiger partial charge in [-0.25, -0.2) is 4.79 Å². The Balaban J connectivity index is 1.86. The second-order valence-corrected chi connectivity index (χ2v) is 12.7. The highest BCUT2D eigenvalue weighted by molar-refractivity contribution is 6.37. The average molecular weight is 570 g/mol. The van der Waals surface area contributed by atoms with Crippen LogP contribution in [0.15, 0.2) is 37.0 Å². The first-order valence-corrected chi connectivity index (χ1v) is 14.8. The molecule has 0 radical (unpaired) electrons. The average Bonchev–Trinajstić information content (AvgIpc) is 3.63. The summed E-state index contributed by atoms with van der Waals surface area (Å²) in [6.45, 7) is 15.9. The largest absolute Gasteiger partial charge is 0.363 e. The number of carbonyl (C=O) groups is 5. The molecule has 10 nitrogen and oxygen atoms in total. The predicted molar refractivity (Wildman–Crippen MR) is 157 cm³/mol. The van der Waals surface area contributed by atoms with Gasteiger partial charge >= 0.3 is 6.03 Å². The van der Waals surface area contributed by atoms with Crippen molar-refractivity contribution in [3.05, 3.63) is 37.0 Å². The molecule has 0 aromatic carbocycles. The van der Waals surface area contributed by atoms with Gasteiger partial charge in [0.05, 0.1) is 6.04 Å². The Morgan fingerprint density at radius 1 is 1.07 bits per heavy atom. The lowest BCUT2D eigenvalue weighted by atomic mass is 9.77. The van der Waals surface area contributed by atoms with E-state index in [4.69, 9.17) is 5.73 Å². The zero-order valence-electron chi connectivity index (χ0n) is 24.9. The van der Waals surface area contributed by atoms with Gasteiger partial charge in [0.25, 0.3) is 5.91 Å². The number of hydrogen-bond acceptors (Lipinski definition) is 5.